The molecule has 0 saturated heterocycles. The van der Waals surface area contributed by atoms with Gasteiger partial charge in [-0.05, 0) is 23.9 Å². The van der Waals surface area contributed by atoms with Gasteiger partial charge in [-0.1, -0.05) is 41.9 Å². The van der Waals surface area contributed by atoms with Crippen LogP contribution in [0.5, 0.6) is 11.6 Å². The zero-order valence-electron chi connectivity index (χ0n) is 10.3. The summed E-state index contributed by atoms with van der Waals surface area (Å²) >= 11 is 5.82. The SMILES string of the molecule is Cc1ccc(Oc2cc(Cl)ncn2)c2ccccc12. The Hall–Kier alpha value is -2.13. The van der Waals surface area contributed by atoms with Gasteiger partial charge in [0.1, 0.15) is 17.2 Å². The van der Waals surface area contributed by atoms with Crippen LogP contribution in [0, 0.1) is 6.92 Å². The van der Waals surface area contributed by atoms with Gasteiger partial charge < -0.3 is 4.74 Å². The highest BCUT2D eigenvalue weighted by molar-refractivity contribution is 6.29. The van der Waals surface area contributed by atoms with Crippen LogP contribution in [0.4, 0.5) is 0 Å². The third-order valence-corrected chi connectivity index (χ3v) is 3.13. The van der Waals surface area contributed by atoms with Gasteiger partial charge in [0, 0.05) is 11.5 Å². The Morgan fingerprint density at radius 1 is 1.00 bits per heavy atom. The molecule has 1 heterocycles. The minimum absolute atomic E-state index is 0.362. The van der Waals surface area contributed by atoms with Gasteiger partial charge in [-0.15, -0.1) is 0 Å². The van der Waals surface area contributed by atoms with E-state index in [4.69, 9.17) is 16.3 Å². The Morgan fingerprint density at radius 2 is 1.79 bits per heavy atom. The van der Waals surface area contributed by atoms with E-state index in [-0.39, 0.29) is 0 Å². The van der Waals surface area contributed by atoms with Crippen molar-refractivity contribution in [2.45, 2.75) is 6.92 Å². The molecule has 94 valence electrons. The molecule has 0 bridgehead atoms. The number of halogens is 1. The topological polar surface area (TPSA) is 35.0 Å². The van der Waals surface area contributed by atoms with Crippen LogP contribution in [0.1, 0.15) is 5.56 Å². The molecule has 1 aromatic heterocycles. The summed E-state index contributed by atoms with van der Waals surface area (Å²) in [6, 6.07) is 13.7. The van der Waals surface area contributed by atoms with Gasteiger partial charge in [-0.25, -0.2) is 9.97 Å². The van der Waals surface area contributed by atoms with Crippen LogP contribution in [-0.4, -0.2) is 9.97 Å². The molecule has 2 aromatic carbocycles. The van der Waals surface area contributed by atoms with Crippen molar-refractivity contribution in [3.05, 3.63) is 59.5 Å². The van der Waals surface area contributed by atoms with E-state index < -0.39 is 0 Å². The molecule has 19 heavy (non-hydrogen) atoms. The molecular formula is C15H11ClN2O. The van der Waals surface area contributed by atoms with Crippen molar-refractivity contribution in [1.82, 2.24) is 9.97 Å². The van der Waals surface area contributed by atoms with Crippen LogP contribution in [0.25, 0.3) is 10.8 Å². The van der Waals surface area contributed by atoms with Crippen LogP contribution in [-0.2, 0) is 0 Å². The maximum Gasteiger partial charge on any atom is 0.223 e. The van der Waals surface area contributed by atoms with Crippen LogP contribution >= 0.6 is 11.6 Å². The van der Waals surface area contributed by atoms with E-state index in [0.717, 1.165) is 11.1 Å². The summed E-state index contributed by atoms with van der Waals surface area (Å²) < 4.78 is 5.79. The summed E-state index contributed by atoms with van der Waals surface area (Å²) in [5.74, 6) is 1.20. The second kappa shape index (κ2) is 4.86. The minimum atomic E-state index is 0.362. The third-order valence-electron chi connectivity index (χ3n) is 2.93. The fourth-order valence-corrected chi connectivity index (χ4v) is 2.13. The third kappa shape index (κ3) is 2.37. The fourth-order valence-electron chi connectivity index (χ4n) is 2.00. The highest BCUT2D eigenvalue weighted by Gasteiger charge is 2.06. The summed E-state index contributed by atoms with van der Waals surface area (Å²) in [6.45, 7) is 2.08. The quantitative estimate of drug-likeness (QED) is 0.648. The maximum absolute atomic E-state index is 5.82. The second-order valence-electron chi connectivity index (χ2n) is 4.21. The van der Waals surface area contributed by atoms with E-state index >= 15 is 0 Å². The molecule has 0 aliphatic heterocycles. The first-order chi connectivity index (χ1) is 9.24. The van der Waals surface area contributed by atoms with Crippen LogP contribution in [0.2, 0.25) is 5.15 Å². The molecule has 3 nitrogen and oxygen atoms in total. The van der Waals surface area contributed by atoms with Crippen LogP contribution in [0.15, 0.2) is 48.8 Å². The summed E-state index contributed by atoms with van der Waals surface area (Å²) in [4.78, 5) is 7.88. The van der Waals surface area contributed by atoms with Crippen molar-refractivity contribution < 1.29 is 4.74 Å². The Bertz CT molecular complexity index is 743. The van der Waals surface area contributed by atoms with Gasteiger partial charge in [0.15, 0.2) is 0 Å². The summed E-state index contributed by atoms with van der Waals surface area (Å²) in [6.07, 6.45) is 1.38. The molecule has 0 amide bonds. The first-order valence-corrected chi connectivity index (χ1v) is 6.25. The van der Waals surface area contributed by atoms with Gasteiger partial charge in [0.25, 0.3) is 0 Å². The molecule has 0 aliphatic carbocycles. The van der Waals surface area contributed by atoms with Crippen LogP contribution in [0.3, 0.4) is 0 Å². The average Bonchev–Trinajstić information content (AvgIpc) is 2.42. The second-order valence-corrected chi connectivity index (χ2v) is 4.59. The van der Waals surface area contributed by atoms with Crippen molar-refractivity contribution in [1.29, 1.82) is 0 Å². The van der Waals surface area contributed by atoms with Crippen molar-refractivity contribution >= 4 is 22.4 Å². The molecule has 3 rings (SSSR count). The Labute approximate surface area is 115 Å². The van der Waals surface area contributed by atoms with Gasteiger partial charge in [0.05, 0.1) is 0 Å². The molecule has 0 fully saturated rings. The number of benzene rings is 2. The number of ether oxygens (including phenoxy) is 1. The summed E-state index contributed by atoms with van der Waals surface area (Å²) in [7, 11) is 0. The van der Waals surface area contributed by atoms with E-state index in [1.54, 1.807) is 6.07 Å². The lowest BCUT2D eigenvalue weighted by molar-refractivity contribution is 0.466. The maximum atomic E-state index is 5.82. The average molecular weight is 271 g/mol. The number of hydrogen-bond acceptors (Lipinski definition) is 3. The van der Waals surface area contributed by atoms with Gasteiger partial charge >= 0.3 is 0 Å². The normalized spacial score (nSPS) is 10.6. The van der Waals surface area contributed by atoms with Crippen molar-refractivity contribution in [3.8, 4) is 11.6 Å². The lowest BCUT2D eigenvalue weighted by Crippen LogP contribution is -1.90. The predicted molar refractivity (Wildman–Crippen MR) is 75.8 cm³/mol. The van der Waals surface area contributed by atoms with Crippen LogP contribution < -0.4 is 4.74 Å². The van der Waals surface area contributed by atoms with Crippen molar-refractivity contribution in [2.75, 3.05) is 0 Å². The highest BCUT2D eigenvalue weighted by atomic mass is 35.5. The molecule has 0 saturated carbocycles. The monoisotopic (exact) mass is 270 g/mol. The molecular weight excluding hydrogens is 260 g/mol. The van der Waals surface area contributed by atoms with Gasteiger partial charge in [-0.2, -0.15) is 0 Å². The molecule has 0 spiro atoms. The molecule has 4 heteroatoms. The fraction of sp³-hybridized carbons (Fsp3) is 0.0667. The van der Waals surface area contributed by atoms with E-state index in [0.29, 0.717) is 11.0 Å². The smallest absolute Gasteiger partial charge is 0.223 e. The number of nitrogens with zero attached hydrogens (tertiary/aromatic N) is 2. The first kappa shape index (κ1) is 11.9. The van der Waals surface area contributed by atoms with Gasteiger partial charge in [0.2, 0.25) is 5.88 Å². The lowest BCUT2D eigenvalue weighted by atomic mass is 10.1. The number of aryl methyl sites for hydroxylation is 1. The predicted octanol–water partition coefficient (Wildman–Crippen LogP) is 4.38. The molecule has 0 unspecified atom stereocenters. The summed E-state index contributed by atoms with van der Waals surface area (Å²) in [5.41, 5.74) is 1.21. The van der Waals surface area contributed by atoms with E-state index in [1.807, 2.05) is 30.3 Å². The van der Waals surface area contributed by atoms with E-state index in [2.05, 4.69) is 23.0 Å². The van der Waals surface area contributed by atoms with E-state index in [1.165, 1.54) is 17.3 Å². The summed E-state index contributed by atoms with van der Waals surface area (Å²) in [5, 5.41) is 2.58. The standard InChI is InChI=1S/C15H11ClN2O/c1-10-6-7-13(12-5-3-2-4-11(10)12)19-15-8-14(16)17-9-18-15/h2-9H,1H3. The van der Waals surface area contributed by atoms with Gasteiger partial charge in [-0.3, -0.25) is 0 Å². The Balaban J connectivity index is 2.09. The lowest BCUT2D eigenvalue weighted by Gasteiger charge is -2.09. The minimum Gasteiger partial charge on any atom is -0.438 e. The molecule has 0 aliphatic rings. The number of rotatable bonds is 2. The zero-order chi connectivity index (χ0) is 13.2. The zero-order valence-corrected chi connectivity index (χ0v) is 11.1. The Kier molecular flexibility index (Phi) is 3.05. The number of aromatic nitrogens is 2. The van der Waals surface area contributed by atoms with Crippen molar-refractivity contribution in [3.63, 3.8) is 0 Å². The molecule has 3 aromatic rings. The van der Waals surface area contributed by atoms with Crippen molar-refractivity contribution in [2.24, 2.45) is 0 Å². The molecule has 0 radical (unpaired) electrons. The Morgan fingerprint density at radius 3 is 2.58 bits per heavy atom. The molecule has 0 N–H and O–H groups in total. The largest absolute Gasteiger partial charge is 0.438 e. The van der Waals surface area contributed by atoms with E-state index in [9.17, 15) is 0 Å². The molecule has 0 atom stereocenters. The number of hydrogen-bond donors (Lipinski definition) is 0. The highest BCUT2D eigenvalue weighted by Crippen LogP contribution is 2.31. The number of fused-ring (bicyclic) bond motifs is 1. The first-order valence-electron chi connectivity index (χ1n) is 5.88.